The van der Waals surface area contributed by atoms with Crippen LogP contribution < -0.4 is 10.6 Å². The predicted molar refractivity (Wildman–Crippen MR) is 95.9 cm³/mol. The van der Waals surface area contributed by atoms with Crippen LogP contribution in [0.2, 0.25) is 0 Å². The van der Waals surface area contributed by atoms with Gasteiger partial charge in [-0.2, -0.15) is 0 Å². The Bertz CT molecular complexity index is 439. The van der Waals surface area contributed by atoms with E-state index in [0.29, 0.717) is 31.6 Å². The van der Waals surface area contributed by atoms with Crippen molar-refractivity contribution in [2.45, 2.75) is 65.0 Å². The van der Waals surface area contributed by atoms with Crippen molar-refractivity contribution >= 4 is 11.9 Å². The van der Waals surface area contributed by atoms with Gasteiger partial charge < -0.3 is 15.5 Å². The first-order valence-electron chi connectivity index (χ1n) is 9.33. The molecule has 2 N–H and O–H groups in total. The molecular weight excluding hydrogens is 304 g/mol. The fourth-order valence-corrected chi connectivity index (χ4v) is 3.55. The minimum absolute atomic E-state index is 0.0523. The lowest BCUT2D eigenvalue weighted by Crippen LogP contribution is -2.56. The quantitative estimate of drug-likeness (QED) is 0.825. The molecule has 1 saturated heterocycles. The summed E-state index contributed by atoms with van der Waals surface area (Å²) in [5.41, 5.74) is -0.199. The molecule has 0 aromatic carbocycles. The Morgan fingerprint density at radius 2 is 1.67 bits per heavy atom. The summed E-state index contributed by atoms with van der Waals surface area (Å²) in [7, 11) is 0. The number of piperazine rings is 1. The molecule has 2 atom stereocenters. The van der Waals surface area contributed by atoms with Crippen LogP contribution in [0.1, 0.15) is 53.4 Å². The predicted octanol–water partition coefficient (Wildman–Crippen LogP) is 1.81. The van der Waals surface area contributed by atoms with Crippen molar-refractivity contribution in [3.05, 3.63) is 0 Å². The number of nitrogens with zero attached hydrogens (tertiary/aromatic N) is 2. The maximum Gasteiger partial charge on any atom is 0.317 e. The molecular formula is C18H34N4O2. The molecule has 2 fully saturated rings. The van der Waals surface area contributed by atoms with Crippen molar-refractivity contribution in [1.82, 2.24) is 20.4 Å². The van der Waals surface area contributed by atoms with E-state index in [0.717, 1.165) is 19.5 Å². The van der Waals surface area contributed by atoms with Gasteiger partial charge in [-0.15, -0.1) is 0 Å². The Labute approximate surface area is 146 Å². The summed E-state index contributed by atoms with van der Waals surface area (Å²) in [6, 6.07) is 0.384. The van der Waals surface area contributed by atoms with E-state index in [-0.39, 0.29) is 17.5 Å². The molecule has 1 heterocycles. The van der Waals surface area contributed by atoms with Crippen LogP contribution in [0.5, 0.6) is 0 Å². The number of urea groups is 1. The normalized spacial score (nSPS) is 26.1. The van der Waals surface area contributed by atoms with Gasteiger partial charge in [-0.05, 0) is 39.5 Å². The average Bonchev–Trinajstić information content (AvgIpc) is 2.48. The molecule has 0 spiro atoms. The van der Waals surface area contributed by atoms with Crippen LogP contribution in [-0.2, 0) is 4.79 Å². The first kappa shape index (κ1) is 19.0. The molecule has 138 valence electrons. The molecule has 2 aliphatic rings. The Balaban J connectivity index is 1.72. The van der Waals surface area contributed by atoms with E-state index in [9.17, 15) is 9.59 Å². The second-order valence-corrected chi connectivity index (χ2v) is 8.38. The molecule has 1 aliphatic carbocycles. The Kier molecular flexibility index (Phi) is 6.49. The van der Waals surface area contributed by atoms with Crippen molar-refractivity contribution in [1.29, 1.82) is 0 Å². The zero-order chi connectivity index (χ0) is 17.7. The van der Waals surface area contributed by atoms with Crippen LogP contribution in [0.25, 0.3) is 0 Å². The van der Waals surface area contributed by atoms with E-state index in [2.05, 4.69) is 22.5 Å². The van der Waals surface area contributed by atoms with Gasteiger partial charge in [-0.25, -0.2) is 4.79 Å². The molecule has 0 aromatic heterocycles. The van der Waals surface area contributed by atoms with Gasteiger partial charge in [0, 0.05) is 37.8 Å². The SMILES string of the molecule is C[C@@H]1CCCC[C@@H]1NC(=O)N1CCN(CC(=O)NC(C)(C)C)CC1. The van der Waals surface area contributed by atoms with Gasteiger partial charge in [0.1, 0.15) is 0 Å². The highest BCUT2D eigenvalue weighted by molar-refractivity contribution is 5.79. The van der Waals surface area contributed by atoms with Gasteiger partial charge >= 0.3 is 6.03 Å². The number of nitrogens with one attached hydrogen (secondary N) is 2. The van der Waals surface area contributed by atoms with Gasteiger partial charge in [0.05, 0.1) is 6.54 Å². The topological polar surface area (TPSA) is 64.7 Å². The van der Waals surface area contributed by atoms with Crippen molar-refractivity contribution in [2.75, 3.05) is 32.7 Å². The van der Waals surface area contributed by atoms with Crippen molar-refractivity contribution in [2.24, 2.45) is 5.92 Å². The smallest absolute Gasteiger partial charge is 0.317 e. The largest absolute Gasteiger partial charge is 0.350 e. The molecule has 6 heteroatoms. The summed E-state index contributed by atoms with van der Waals surface area (Å²) >= 11 is 0. The fourth-order valence-electron chi connectivity index (χ4n) is 3.55. The van der Waals surface area contributed by atoms with E-state index >= 15 is 0 Å². The first-order chi connectivity index (χ1) is 11.2. The highest BCUT2D eigenvalue weighted by Gasteiger charge is 2.27. The van der Waals surface area contributed by atoms with Crippen LogP contribution in [0.3, 0.4) is 0 Å². The third kappa shape index (κ3) is 5.96. The van der Waals surface area contributed by atoms with Crippen LogP contribution >= 0.6 is 0 Å². The molecule has 2 rings (SSSR count). The van der Waals surface area contributed by atoms with Gasteiger partial charge in [0.25, 0.3) is 0 Å². The van der Waals surface area contributed by atoms with Gasteiger partial charge in [-0.3, -0.25) is 9.69 Å². The minimum Gasteiger partial charge on any atom is -0.350 e. The van der Waals surface area contributed by atoms with Gasteiger partial charge in [0.15, 0.2) is 0 Å². The average molecular weight is 338 g/mol. The summed E-state index contributed by atoms with van der Waals surface area (Å²) in [6.07, 6.45) is 4.80. The molecule has 3 amide bonds. The number of hydrogen-bond donors (Lipinski definition) is 2. The van der Waals surface area contributed by atoms with E-state index in [1.807, 2.05) is 25.7 Å². The number of amides is 3. The lowest BCUT2D eigenvalue weighted by molar-refractivity contribution is -0.124. The molecule has 1 saturated carbocycles. The maximum absolute atomic E-state index is 12.4. The van der Waals surface area contributed by atoms with Gasteiger partial charge in [0.2, 0.25) is 5.91 Å². The second-order valence-electron chi connectivity index (χ2n) is 8.38. The molecule has 1 aliphatic heterocycles. The number of hydrogen-bond acceptors (Lipinski definition) is 3. The summed E-state index contributed by atoms with van der Waals surface area (Å²) in [6.45, 7) is 11.5. The summed E-state index contributed by atoms with van der Waals surface area (Å²) in [5, 5.41) is 6.20. The van der Waals surface area contributed by atoms with Crippen LogP contribution in [0.15, 0.2) is 0 Å². The van der Waals surface area contributed by atoms with E-state index in [1.165, 1.54) is 19.3 Å². The Morgan fingerprint density at radius 3 is 2.25 bits per heavy atom. The third-order valence-corrected chi connectivity index (χ3v) is 4.96. The summed E-state index contributed by atoms with van der Waals surface area (Å²) < 4.78 is 0. The standard InChI is InChI=1S/C18H34N4O2/c1-14-7-5-6-8-15(14)19-17(24)22-11-9-21(10-12-22)13-16(23)20-18(2,3)4/h14-15H,5-13H2,1-4H3,(H,19,24)(H,20,23)/t14-,15+/m1/s1. The highest BCUT2D eigenvalue weighted by atomic mass is 16.2. The molecule has 24 heavy (non-hydrogen) atoms. The first-order valence-corrected chi connectivity index (χ1v) is 9.33. The maximum atomic E-state index is 12.4. The number of carbonyl (C=O) groups excluding carboxylic acids is 2. The van der Waals surface area contributed by atoms with Crippen LogP contribution in [0, 0.1) is 5.92 Å². The Hall–Kier alpha value is -1.30. The lowest BCUT2D eigenvalue weighted by Gasteiger charge is -2.37. The molecule has 0 radical (unpaired) electrons. The zero-order valence-corrected chi connectivity index (χ0v) is 15.7. The fraction of sp³-hybridized carbons (Fsp3) is 0.889. The molecule has 0 unspecified atom stereocenters. The van der Waals surface area contributed by atoms with E-state index in [4.69, 9.17) is 0 Å². The molecule has 6 nitrogen and oxygen atoms in total. The molecule has 0 aromatic rings. The van der Waals surface area contributed by atoms with Gasteiger partial charge in [-0.1, -0.05) is 19.8 Å². The zero-order valence-electron chi connectivity index (χ0n) is 15.7. The number of carbonyl (C=O) groups is 2. The monoisotopic (exact) mass is 338 g/mol. The Morgan fingerprint density at radius 1 is 1.04 bits per heavy atom. The van der Waals surface area contributed by atoms with Crippen molar-refractivity contribution in [3.8, 4) is 0 Å². The summed E-state index contributed by atoms with van der Waals surface area (Å²) in [5.74, 6) is 0.626. The van der Waals surface area contributed by atoms with Crippen LogP contribution in [0.4, 0.5) is 4.79 Å². The van der Waals surface area contributed by atoms with Crippen molar-refractivity contribution in [3.63, 3.8) is 0 Å². The van der Waals surface area contributed by atoms with E-state index in [1.54, 1.807) is 0 Å². The minimum atomic E-state index is -0.199. The van der Waals surface area contributed by atoms with Crippen LogP contribution in [-0.4, -0.2) is 66.0 Å². The number of rotatable bonds is 3. The highest BCUT2D eigenvalue weighted by Crippen LogP contribution is 2.23. The summed E-state index contributed by atoms with van der Waals surface area (Å²) in [4.78, 5) is 28.4. The molecule has 0 bridgehead atoms. The second kappa shape index (κ2) is 8.19. The van der Waals surface area contributed by atoms with E-state index < -0.39 is 0 Å². The van der Waals surface area contributed by atoms with Crippen molar-refractivity contribution < 1.29 is 9.59 Å². The lowest BCUT2D eigenvalue weighted by atomic mass is 9.86. The third-order valence-electron chi connectivity index (χ3n) is 4.96.